The van der Waals surface area contributed by atoms with E-state index in [2.05, 4.69) is 21.2 Å². The molecule has 0 saturated carbocycles. The van der Waals surface area contributed by atoms with Gasteiger partial charge in [0.15, 0.2) is 11.6 Å². The van der Waals surface area contributed by atoms with Gasteiger partial charge in [0.05, 0.1) is 19.9 Å². The van der Waals surface area contributed by atoms with Gasteiger partial charge in [-0.25, -0.2) is 4.39 Å². The second-order valence-corrected chi connectivity index (χ2v) is 5.08. The highest BCUT2D eigenvalue weighted by Crippen LogP contribution is 2.28. The van der Waals surface area contributed by atoms with E-state index in [0.29, 0.717) is 6.54 Å². The molecule has 0 saturated heterocycles. The second kappa shape index (κ2) is 6.61. The van der Waals surface area contributed by atoms with E-state index < -0.39 is 0 Å². The molecule has 2 aromatic carbocycles. The van der Waals surface area contributed by atoms with Crippen molar-refractivity contribution in [3.05, 3.63) is 52.3 Å². The van der Waals surface area contributed by atoms with Crippen LogP contribution in [0.1, 0.15) is 5.56 Å². The summed E-state index contributed by atoms with van der Waals surface area (Å²) in [5.74, 6) is 0.615. The molecule has 0 aliphatic rings. The molecule has 0 unspecified atom stereocenters. The molecule has 0 heterocycles. The van der Waals surface area contributed by atoms with E-state index in [-0.39, 0.29) is 11.6 Å². The van der Waals surface area contributed by atoms with Crippen molar-refractivity contribution in [2.75, 3.05) is 19.5 Å². The fraction of sp³-hybridized carbons (Fsp3) is 0.200. The lowest BCUT2D eigenvalue weighted by molar-refractivity contribution is 0.386. The maximum atomic E-state index is 13.6. The Hall–Kier alpha value is -1.75. The number of anilines is 1. The van der Waals surface area contributed by atoms with Crippen LogP contribution in [0.5, 0.6) is 11.5 Å². The Morgan fingerprint density at radius 3 is 2.40 bits per heavy atom. The first-order valence-electron chi connectivity index (χ1n) is 6.04. The van der Waals surface area contributed by atoms with E-state index in [4.69, 9.17) is 9.47 Å². The molecule has 0 spiro atoms. The molecule has 0 aliphatic heterocycles. The molecule has 0 fully saturated rings. The molecule has 0 amide bonds. The Balaban J connectivity index is 2.12. The van der Waals surface area contributed by atoms with Gasteiger partial charge in [-0.15, -0.1) is 0 Å². The van der Waals surface area contributed by atoms with E-state index in [1.165, 1.54) is 13.2 Å². The van der Waals surface area contributed by atoms with Crippen molar-refractivity contribution in [1.29, 1.82) is 0 Å². The highest BCUT2D eigenvalue weighted by atomic mass is 79.9. The van der Waals surface area contributed by atoms with Gasteiger partial charge in [0.25, 0.3) is 0 Å². The third kappa shape index (κ3) is 3.42. The summed E-state index contributed by atoms with van der Waals surface area (Å²) in [6, 6.07) is 10.6. The lowest BCUT2D eigenvalue weighted by Gasteiger charge is -2.12. The maximum Gasteiger partial charge on any atom is 0.165 e. The van der Waals surface area contributed by atoms with E-state index in [1.54, 1.807) is 13.2 Å². The lowest BCUT2D eigenvalue weighted by Crippen LogP contribution is -2.02. The fourth-order valence-electron chi connectivity index (χ4n) is 1.84. The third-order valence-electron chi connectivity index (χ3n) is 2.86. The summed E-state index contributed by atoms with van der Waals surface area (Å²) < 4.78 is 24.7. The molecule has 20 heavy (non-hydrogen) atoms. The van der Waals surface area contributed by atoms with E-state index in [0.717, 1.165) is 21.5 Å². The predicted octanol–water partition coefficient (Wildman–Crippen LogP) is 4.22. The molecule has 2 rings (SSSR count). The van der Waals surface area contributed by atoms with Crippen LogP contribution in [0.3, 0.4) is 0 Å². The molecule has 0 atom stereocenters. The Morgan fingerprint density at radius 1 is 1.05 bits per heavy atom. The van der Waals surface area contributed by atoms with Gasteiger partial charge < -0.3 is 14.8 Å². The van der Waals surface area contributed by atoms with Gasteiger partial charge in [-0.05, 0) is 35.9 Å². The van der Waals surface area contributed by atoms with Crippen LogP contribution in [0, 0.1) is 5.82 Å². The summed E-state index contributed by atoms with van der Waals surface area (Å²) in [5, 5.41) is 3.22. The fourth-order valence-corrected chi connectivity index (χ4v) is 2.20. The highest BCUT2D eigenvalue weighted by Gasteiger charge is 2.06. The van der Waals surface area contributed by atoms with Crippen LogP contribution in [-0.2, 0) is 6.54 Å². The number of nitrogens with one attached hydrogen (secondary N) is 1. The van der Waals surface area contributed by atoms with Crippen molar-refractivity contribution in [1.82, 2.24) is 0 Å². The minimum Gasteiger partial charge on any atom is -0.495 e. The molecule has 3 nitrogen and oxygen atoms in total. The van der Waals surface area contributed by atoms with Gasteiger partial charge >= 0.3 is 0 Å². The molecule has 0 aromatic heterocycles. The molecular weight excluding hydrogens is 325 g/mol. The smallest absolute Gasteiger partial charge is 0.165 e. The average Bonchev–Trinajstić information content (AvgIpc) is 2.45. The number of rotatable bonds is 5. The average molecular weight is 340 g/mol. The van der Waals surface area contributed by atoms with Gasteiger partial charge in [0.2, 0.25) is 0 Å². The number of hydrogen-bond acceptors (Lipinski definition) is 3. The van der Waals surface area contributed by atoms with Gasteiger partial charge in [0.1, 0.15) is 5.75 Å². The second-order valence-electron chi connectivity index (χ2n) is 4.17. The van der Waals surface area contributed by atoms with Crippen LogP contribution in [0.4, 0.5) is 10.1 Å². The summed E-state index contributed by atoms with van der Waals surface area (Å²) in [6.45, 7) is 0.494. The molecule has 0 bridgehead atoms. The normalized spacial score (nSPS) is 10.2. The molecule has 106 valence electrons. The van der Waals surface area contributed by atoms with Crippen molar-refractivity contribution in [3.63, 3.8) is 0 Å². The number of halogens is 2. The standard InChI is InChI=1S/C15H15BrFNO2/c1-19-14-5-3-10(7-12(14)17)9-18-13-8-11(16)4-6-15(13)20-2/h3-8,18H,9H2,1-2H3. The first-order valence-corrected chi connectivity index (χ1v) is 6.83. The predicted molar refractivity (Wildman–Crippen MR) is 81.0 cm³/mol. The van der Waals surface area contributed by atoms with Crippen molar-refractivity contribution in [2.45, 2.75) is 6.54 Å². The van der Waals surface area contributed by atoms with Crippen LogP contribution in [0.2, 0.25) is 0 Å². The van der Waals surface area contributed by atoms with E-state index in [1.807, 2.05) is 24.3 Å². The Morgan fingerprint density at radius 2 is 1.75 bits per heavy atom. The molecule has 2 aromatic rings. The maximum absolute atomic E-state index is 13.6. The first-order chi connectivity index (χ1) is 9.63. The number of benzene rings is 2. The van der Waals surface area contributed by atoms with Crippen molar-refractivity contribution < 1.29 is 13.9 Å². The SMILES string of the molecule is COc1ccc(CNc2cc(Br)ccc2OC)cc1F. The zero-order chi connectivity index (χ0) is 14.5. The van der Waals surface area contributed by atoms with Gasteiger partial charge in [-0.2, -0.15) is 0 Å². The summed E-state index contributed by atoms with van der Waals surface area (Å²) in [5.41, 5.74) is 1.67. The highest BCUT2D eigenvalue weighted by molar-refractivity contribution is 9.10. The van der Waals surface area contributed by atoms with E-state index in [9.17, 15) is 4.39 Å². The summed E-state index contributed by atoms with van der Waals surface area (Å²) in [6.07, 6.45) is 0. The van der Waals surface area contributed by atoms with Crippen LogP contribution in [0.25, 0.3) is 0 Å². The van der Waals surface area contributed by atoms with Gasteiger partial charge in [0, 0.05) is 11.0 Å². The van der Waals surface area contributed by atoms with Crippen LogP contribution < -0.4 is 14.8 Å². The third-order valence-corrected chi connectivity index (χ3v) is 3.35. The Kier molecular flexibility index (Phi) is 4.84. The van der Waals surface area contributed by atoms with Gasteiger partial charge in [-0.1, -0.05) is 22.0 Å². The molecule has 1 N–H and O–H groups in total. The van der Waals surface area contributed by atoms with E-state index >= 15 is 0 Å². The zero-order valence-electron chi connectivity index (χ0n) is 11.2. The number of hydrogen-bond donors (Lipinski definition) is 1. The monoisotopic (exact) mass is 339 g/mol. The summed E-state index contributed by atoms with van der Waals surface area (Å²) in [7, 11) is 3.06. The first kappa shape index (κ1) is 14.7. The van der Waals surface area contributed by atoms with Crippen LogP contribution in [0.15, 0.2) is 40.9 Å². The molecule has 5 heteroatoms. The summed E-state index contributed by atoms with van der Waals surface area (Å²) >= 11 is 3.41. The van der Waals surface area contributed by atoms with Crippen LogP contribution >= 0.6 is 15.9 Å². The summed E-state index contributed by atoms with van der Waals surface area (Å²) in [4.78, 5) is 0. The van der Waals surface area contributed by atoms with Crippen molar-refractivity contribution >= 4 is 21.6 Å². The zero-order valence-corrected chi connectivity index (χ0v) is 12.8. The van der Waals surface area contributed by atoms with Crippen molar-refractivity contribution in [2.24, 2.45) is 0 Å². The minimum absolute atomic E-state index is 0.244. The molecule has 0 aliphatic carbocycles. The van der Waals surface area contributed by atoms with Crippen molar-refractivity contribution in [3.8, 4) is 11.5 Å². The molecular formula is C15H15BrFNO2. The number of ether oxygens (including phenoxy) is 2. The topological polar surface area (TPSA) is 30.5 Å². The quantitative estimate of drug-likeness (QED) is 0.884. The van der Waals surface area contributed by atoms with Crippen LogP contribution in [-0.4, -0.2) is 14.2 Å². The number of methoxy groups -OCH3 is 2. The Bertz CT molecular complexity index is 604. The van der Waals surface area contributed by atoms with Gasteiger partial charge in [-0.3, -0.25) is 0 Å². The minimum atomic E-state index is -0.368. The molecule has 0 radical (unpaired) electrons. The lowest BCUT2D eigenvalue weighted by atomic mass is 10.2. The Labute approximate surface area is 125 Å². The largest absolute Gasteiger partial charge is 0.495 e.